The maximum Gasteiger partial charge on any atom is 0.0485 e. The molecule has 0 spiro atoms. The van der Waals surface area contributed by atoms with Crippen molar-refractivity contribution in [1.82, 2.24) is 10.4 Å². The van der Waals surface area contributed by atoms with Crippen molar-refractivity contribution in [3.05, 3.63) is 24.6 Å². The van der Waals surface area contributed by atoms with Gasteiger partial charge in [0.25, 0.3) is 0 Å². The van der Waals surface area contributed by atoms with Gasteiger partial charge in [0.1, 0.15) is 0 Å². The Balaban J connectivity index is 2.50. The molecule has 2 heteroatoms. The van der Waals surface area contributed by atoms with Crippen molar-refractivity contribution in [3.8, 4) is 0 Å². The van der Waals surface area contributed by atoms with Gasteiger partial charge in [-0.05, 0) is 19.9 Å². The molecule has 0 radical (unpaired) electrons. The lowest BCUT2D eigenvalue weighted by Crippen LogP contribution is -2.33. The normalized spacial score (nSPS) is 17.2. The van der Waals surface area contributed by atoms with Crippen LogP contribution in [-0.4, -0.2) is 11.1 Å². The Hall–Kier alpha value is -0.920. The number of hydrogen-bond acceptors (Lipinski definition) is 2. The van der Waals surface area contributed by atoms with Crippen LogP contribution in [0.15, 0.2) is 24.6 Å². The third kappa shape index (κ3) is 1.25. The molecule has 0 saturated carbocycles. The van der Waals surface area contributed by atoms with Gasteiger partial charge in [-0.15, -0.1) is 0 Å². The van der Waals surface area contributed by atoms with Crippen LogP contribution >= 0.6 is 0 Å². The molecule has 0 aromatic carbocycles. The van der Waals surface area contributed by atoms with E-state index in [2.05, 4.69) is 25.9 Å². The smallest absolute Gasteiger partial charge is 0.0485 e. The van der Waals surface area contributed by atoms with Gasteiger partial charge in [-0.3, -0.25) is 10.4 Å². The zero-order valence-corrected chi connectivity index (χ0v) is 5.89. The summed E-state index contributed by atoms with van der Waals surface area (Å²) < 4.78 is 0. The number of rotatable bonds is 1. The molecule has 0 atom stereocenters. The number of allylic oxidation sites excluding steroid dienone is 1. The summed E-state index contributed by atoms with van der Waals surface area (Å²) in [4.78, 5) is 0. The van der Waals surface area contributed by atoms with Crippen LogP contribution in [0, 0.1) is 0 Å². The minimum atomic E-state index is 0.500. The minimum Gasteiger partial charge on any atom is -0.299 e. The first-order valence-electron chi connectivity index (χ1n) is 3.12. The van der Waals surface area contributed by atoms with Crippen LogP contribution in [0.3, 0.4) is 0 Å². The minimum absolute atomic E-state index is 0.500. The van der Waals surface area contributed by atoms with Crippen LogP contribution in [0.5, 0.6) is 0 Å². The molecule has 1 aliphatic rings. The van der Waals surface area contributed by atoms with Crippen molar-refractivity contribution in [1.29, 1.82) is 0 Å². The molecule has 0 amide bonds. The molecule has 9 heavy (non-hydrogen) atoms. The van der Waals surface area contributed by atoms with E-state index < -0.39 is 0 Å². The highest BCUT2D eigenvalue weighted by Gasteiger charge is 2.07. The first-order valence-corrected chi connectivity index (χ1v) is 3.12. The molecule has 0 aromatic heterocycles. The molecule has 0 aliphatic carbocycles. The highest BCUT2D eigenvalue weighted by molar-refractivity contribution is 5.16. The Labute approximate surface area is 55.8 Å². The van der Waals surface area contributed by atoms with Crippen molar-refractivity contribution in [2.45, 2.75) is 19.9 Å². The molecule has 0 fully saturated rings. The van der Waals surface area contributed by atoms with E-state index in [0.29, 0.717) is 6.04 Å². The second-order valence-electron chi connectivity index (χ2n) is 2.45. The third-order valence-electron chi connectivity index (χ3n) is 1.27. The highest BCUT2D eigenvalue weighted by atomic mass is 15.5. The van der Waals surface area contributed by atoms with Gasteiger partial charge in [-0.2, -0.15) is 0 Å². The molecule has 0 saturated heterocycles. The zero-order valence-electron chi connectivity index (χ0n) is 5.89. The fourth-order valence-electron chi connectivity index (χ4n) is 0.712. The summed E-state index contributed by atoms with van der Waals surface area (Å²) >= 11 is 0. The topological polar surface area (TPSA) is 15.3 Å². The van der Waals surface area contributed by atoms with Gasteiger partial charge in [0.05, 0.1) is 0 Å². The average molecular weight is 124 g/mol. The summed E-state index contributed by atoms with van der Waals surface area (Å²) in [6.07, 6.45) is 3.95. The Bertz CT molecular complexity index is 147. The molecule has 0 unspecified atom stereocenters. The summed E-state index contributed by atoms with van der Waals surface area (Å²) in [6, 6.07) is 0.500. The van der Waals surface area contributed by atoms with Crippen LogP contribution in [0.1, 0.15) is 13.8 Å². The van der Waals surface area contributed by atoms with Crippen molar-refractivity contribution < 1.29 is 0 Å². The van der Waals surface area contributed by atoms with Crippen molar-refractivity contribution in [3.63, 3.8) is 0 Å². The van der Waals surface area contributed by atoms with Crippen LogP contribution < -0.4 is 5.43 Å². The molecular weight excluding hydrogens is 112 g/mol. The number of hydrogen-bond donors (Lipinski definition) is 1. The molecule has 50 valence electrons. The van der Waals surface area contributed by atoms with Gasteiger partial charge in [0.2, 0.25) is 0 Å². The maximum absolute atomic E-state index is 3.75. The van der Waals surface area contributed by atoms with Gasteiger partial charge < -0.3 is 0 Å². The van der Waals surface area contributed by atoms with E-state index in [0.717, 1.165) is 5.70 Å². The standard InChI is InChI=1S/C7H12N2/c1-6(2)9-5-4-7(3)8-9/h4-6,8H,3H2,1-2H3. The zero-order chi connectivity index (χ0) is 6.85. The van der Waals surface area contributed by atoms with Crippen LogP contribution in [0.25, 0.3) is 0 Å². The van der Waals surface area contributed by atoms with Gasteiger partial charge in [0.15, 0.2) is 0 Å². The maximum atomic E-state index is 3.75. The van der Waals surface area contributed by atoms with Gasteiger partial charge in [-0.25, -0.2) is 0 Å². The van der Waals surface area contributed by atoms with E-state index in [1.165, 1.54) is 0 Å². The fourth-order valence-corrected chi connectivity index (χ4v) is 0.712. The molecule has 2 nitrogen and oxygen atoms in total. The largest absolute Gasteiger partial charge is 0.299 e. The van der Waals surface area contributed by atoms with Gasteiger partial charge in [0, 0.05) is 17.9 Å². The number of nitrogens with zero attached hydrogens (tertiary/aromatic N) is 1. The van der Waals surface area contributed by atoms with Gasteiger partial charge >= 0.3 is 0 Å². The van der Waals surface area contributed by atoms with Crippen LogP contribution in [0.2, 0.25) is 0 Å². The second-order valence-corrected chi connectivity index (χ2v) is 2.45. The van der Waals surface area contributed by atoms with Gasteiger partial charge in [-0.1, -0.05) is 6.58 Å². The van der Waals surface area contributed by atoms with E-state index in [1.807, 2.05) is 17.3 Å². The Morgan fingerprint density at radius 2 is 2.33 bits per heavy atom. The fraction of sp³-hybridized carbons (Fsp3) is 0.429. The van der Waals surface area contributed by atoms with Crippen molar-refractivity contribution in [2.75, 3.05) is 0 Å². The van der Waals surface area contributed by atoms with Crippen LogP contribution in [-0.2, 0) is 0 Å². The lowest BCUT2D eigenvalue weighted by Gasteiger charge is -2.20. The van der Waals surface area contributed by atoms with Crippen molar-refractivity contribution >= 4 is 0 Å². The average Bonchev–Trinajstić information content (AvgIpc) is 2.14. The van der Waals surface area contributed by atoms with E-state index in [-0.39, 0.29) is 0 Å². The van der Waals surface area contributed by atoms with Crippen LogP contribution in [0.4, 0.5) is 0 Å². The number of nitrogens with one attached hydrogen (secondary N) is 1. The summed E-state index contributed by atoms with van der Waals surface area (Å²) in [7, 11) is 0. The molecule has 0 aromatic rings. The van der Waals surface area contributed by atoms with E-state index in [9.17, 15) is 0 Å². The SMILES string of the molecule is C=C1C=CN(C(C)C)N1. The number of hydrazine groups is 1. The molecular formula is C7H12N2. The summed E-state index contributed by atoms with van der Waals surface area (Å²) in [5.74, 6) is 0. The molecule has 1 rings (SSSR count). The summed E-state index contributed by atoms with van der Waals surface area (Å²) in [5, 5.41) is 2.02. The summed E-state index contributed by atoms with van der Waals surface area (Å²) in [6.45, 7) is 7.99. The van der Waals surface area contributed by atoms with Crippen molar-refractivity contribution in [2.24, 2.45) is 0 Å². The first kappa shape index (κ1) is 6.20. The lowest BCUT2D eigenvalue weighted by atomic mass is 10.4. The predicted octanol–water partition coefficient (Wildman–Crippen LogP) is 1.24. The third-order valence-corrected chi connectivity index (χ3v) is 1.27. The summed E-state index contributed by atoms with van der Waals surface area (Å²) in [5.41, 5.74) is 4.04. The highest BCUT2D eigenvalue weighted by Crippen LogP contribution is 2.05. The van der Waals surface area contributed by atoms with E-state index >= 15 is 0 Å². The Morgan fingerprint density at radius 3 is 2.56 bits per heavy atom. The monoisotopic (exact) mass is 124 g/mol. The molecule has 1 aliphatic heterocycles. The Morgan fingerprint density at radius 1 is 1.67 bits per heavy atom. The quantitative estimate of drug-likeness (QED) is 0.565. The molecule has 1 N–H and O–H groups in total. The van der Waals surface area contributed by atoms with E-state index in [4.69, 9.17) is 0 Å². The predicted molar refractivity (Wildman–Crippen MR) is 38.4 cm³/mol. The molecule has 1 heterocycles. The van der Waals surface area contributed by atoms with E-state index in [1.54, 1.807) is 0 Å². The molecule has 0 bridgehead atoms. The lowest BCUT2D eigenvalue weighted by molar-refractivity contribution is 0.266. The Kier molecular flexibility index (Phi) is 1.47. The second kappa shape index (κ2) is 2.13. The first-order chi connectivity index (χ1) is 4.20.